The summed E-state index contributed by atoms with van der Waals surface area (Å²) in [6.07, 6.45) is 4.33. The Morgan fingerprint density at radius 2 is 1.50 bits per heavy atom. The SMILES string of the molecule is CN(C)C(c1ccccc1)C1CCC(NC(=O)Nc2ccccc2)CC1. The fourth-order valence-corrected chi connectivity index (χ4v) is 4.10. The van der Waals surface area contributed by atoms with Crippen molar-refractivity contribution in [1.29, 1.82) is 0 Å². The number of rotatable bonds is 5. The van der Waals surface area contributed by atoms with Gasteiger partial charge in [0.2, 0.25) is 0 Å². The summed E-state index contributed by atoms with van der Waals surface area (Å²) in [5, 5.41) is 6.04. The maximum Gasteiger partial charge on any atom is 0.319 e. The molecule has 2 N–H and O–H groups in total. The summed E-state index contributed by atoms with van der Waals surface area (Å²) in [6, 6.07) is 20.9. The van der Waals surface area contributed by atoms with Crippen LogP contribution in [0.25, 0.3) is 0 Å². The minimum atomic E-state index is -0.105. The molecule has 2 aromatic carbocycles. The number of hydrogen-bond acceptors (Lipinski definition) is 2. The van der Waals surface area contributed by atoms with Gasteiger partial charge < -0.3 is 15.5 Å². The Morgan fingerprint density at radius 3 is 2.08 bits per heavy atom. The van der Waals surface area contributed by atoms with Crippen molar-refractivity contribution in [2.45, 2.75) is 37.8 Å². The van der Waals surface area contributed by atoms with Gasteiger partial charge in [0.15, 0.2) is 0 Å². The fourth-order valence-electron chi connectivity index (χ4n) is 4.10. The van der Waals surface area contributed by atoms with Gasteiger partial charge >= 0.3 is 6.03 Å². The van der Waals surface area contributed by atoms with Gasteiger partial charge in [-0.3, -0.25) is 0 Å². The highest BCUT2D eigenvalue weighted by molar-refractivity contribution is 5.89. The summed E-state index contributed by atoms with van der Waals surface area (Å²) in [6.45, 7) is 0. The highest BCUT2D eigenvalue weighted by Crippen LogP contribution is 2.37. The lowest BCUT2D eigenvalue weighted by molar-refractivity contribution is 0.158. The van der Waals surface area contributed by atoms with E-state index in [-0.39, 0.29) is 12.1 Å². The molecule has 4 nitrogen and oxygen atoms in total. The Bertz CT molecular complexity index is 679. The molecule has 4 heteroatoms. The molecule has 0 saturated heterocycles. The second-order valence-corrected chi connectivity index (χ2v) is 7.40. The van der Waals surface area contributed by atoms with Gasteiger partial charge in [0.1, 0.15) is 0 Å². The van der Waals surface area contributed by atoms with Crippen molar-refractivity contribution >= 4 is 11.7 Å². The van der Waals surface area contributed by atoms with Crippen LogP contribution in [0.4, 0.5) is 10.5 Å². The molecule has 3 rings (SSSR count). The second-order valence-electron chi connectivity index (χ2n) is 7.40. The molecule has 2 aromatic rings. The fraction of sp³-hybridized carbons (Fsp3) is 0.409. The molecule has 138 valence electrons. The van der Waals surface area contributed by atoms with Gasteiger partial charge in [-0.1, -0.05) is 48.5 Å². The van der Waals surface area contributed by atoms with E-state index in [0.717, 1.165) is 31.4 Å². The molecule has 1 saturated carbocycles. The van der Waals surface area contributed by atoms with E-state index in [0.29, 0.717) is 12.0 Å². The Morgan fingerprint density at radius 1 is 0.923 bits per heavy atom. The Labute approximate surface area is 156 Å². The van der Waals surface area contributed by atoms with Crippen molar-refractivity contribution < 1.29 is 4.79 Å². The monoisotopic (exact) mass is 351 g/mol. The van der Waals surface area contributed by atoms with Gasteiger partial charge in [0, 0.05) is 17.8 Å². The first-order chi connectivity index (χ1) is 12.6. The molecule has 0 aromatic heterocycles. The molecule has 1 aliphatic rings. The summed E-state index contributed by atoms with van der Waals surface area (Å²) in [4.78, 5) is 14.5. The Kier molecular flexibility index (Phi) is 6.29. The van der Waals surface area contributed by atoms with Crippen LogP contribution in [0, 0.1) is 5.92 Å². The predicted molar refractivity (Wildman–Crippen MR) is 107 cm³/mol. The molecule has 0 radical (unpaired) electrons. The molecule has 1 unspecified atom stereocenters. The molecule has 26 heavy (non-hydrogen) atoms. The summed E-state index contributed by atoms with van der Waals surface area (Å²) >= 11 is 0. The number of amides is 2. The van der Waals surface area contributed by atoms with Gasteiger partial charge in [0.25, 0.3) is 0 Å². The maximum absolute atomic E-state index is 12.2. The third-order valence-corrected chi connectivity index (χ3v) is 5.28. The van der Waals surface area contributed by atoms with Crippen molar-refractivity contribution in [3.8, 4) is 0 Å². The van der Waals surface area contributed by atoms with Crippen LogP contribution in [0.3, 0.4) is 0 Å². The Balaban J connectivity index is 1.52. The zero-order valence-corrected chi connectivity index (χ0v) is 15.7. The summed E-state index contributed by atoms with van der Waals surface area (Å²) < 4.78 is 0. The highest BCUT2D eigenvalue weighted by Gasteiger charge is 2.30. The zero-order valence-electron chi connectivity index (χ0n) is 15.7. The van der Waals surface area contributed by atoms with E-state index in [9.17, 15) is 4.79 Å². The smallest absolute Gasteiger partial charge is 0.319 e. The molecule has 1 aliphatic carbocycles. The van der Waals surface area contributed by atoms with Crippen LogP contribution in [0.1, 0.15) is 37.3 Å². The average Bonchev–Trinajstić information content (AvgIpc) is 2.65. The van der Waals surface area contributed by atoms with Crippen molar-refractivity contribution in [2.24, 2.45) is 5.92 Å². The molecular weight excluding hydrogens is 322 g/mol. The number of anilines is 1. The molecule has 0 spiro atoms. The van der Waals surface area contributed by atoms with Crippen LogP contribution in [0.5, 0.6) is 0 Å². The van der Waals surface area contributed by atoms with Gasteiger partial charge in [-0.2, -0.15) is 0 Å². The lowest BCUT2D eigenvalue weighted by Crippen LogP contribution is -2.41. The molecule has 0 aliphatic heterocycles. The molecule has 1 atom stereocenters. The van der Waals surface area contributed by atoms with Gasteiger partial charge in [-0.25, -0.2) is 4.79 Å². The van der Waals surface area contributed by atoms with E-state index in [1.165, 1.54) is 5.56 Å². The van der Waals surface area contributed by atoms with Gasteiger partial charge in [-0.05, 0) is 63.4 Å². The van der Waals surface area contributed by atoms with E-state index >= 15 is 0 Å². The van der Waals surface area contributed by atoms with E-state index in [1.54, 1.807) is 0 Å². The lowest BCUT2D eigenvalue weighted by atomic mass is 9.79. The third kappa shape index (κ3) is 4.85. The summed E-state index contributed by atoms with van der Waals surface area (Å²) in [5.74, 6) is 0.627. The van der Waals surface area contributed by atoms with Crippen LogP contribution in [0.15, 0.2) is 60.7 Å². The van der Waals surface area contributed by atoms with Crippen LogP contribution in [0.2, 0.25) is 0 Å². The molecular formula is C22H29N3O. The van der Waals surface area contributed by atoms with E-state index in [1.807, 2.05) is 30.3 Å². The number of hydrogen-bond donors (Lipinski definition) is 2. The maximum atomic E-state index is 12.2. The number of urea groups is 1. The molecule has 0 heterocycles. The second kappa shape index (κ2) is 8.86. The topological polar surface area (TPSA) is 44.4 Å². The van der Waals surface area contributed by atoms with Crippen LogP contribution >= 0.6 is 0 Å². The average molecular weight is 351 g/mol. The zero-order chi connectivity index (χ0) is 18.4. The number of benzene rings is 2. The van der Waals surface area contributed by atoms with Crippen LogP contribution in [-0.2, 0) is 0 Å². The van der Waals surface area contributed by atoms with Gasteiger partial charge in [-0.15, -0.1) is 0 Å². The number of nitrogens with zero attached hydrogens (tertiary/aromatic N) is 1. The number of carbonyl (C=O) groups is 1. The number of nitrogens with one attached hydrogen (secondary N) is 2. The summed E-state index contributed by atoms with van der Waals surface area (Å²) in [5.41, 5.74) is 2.21. The standard InChI is InChI=1S/C22H29N3O/c1-25(2)21(17-9-5-3-6-10-17)18-13-15-20(16-14-18)24-22(26)23-19-11-7-4-8-12-19/h3-12,18,20-21H,13-16H2,1-2H3,(H2,23,24,26). The first-order valence-electron chi connectivity index (χ1n) is 9.47. The summed E-state index contributed by atoms with van der Waals surface area (Å²) in [7, 11) is 4.32. The number of carbonyl (C=O) groups excluding carboxylic acids is 1. The molecule has 0 bridgehead atoms. The minimum absolute atomic E-state index is 0.105. The quantitative estimate of drug-likeness (QED) is 0.822. The molecule has 1 fully saturated rings. The highest BCUT2D eigenvalue weighted by atomic mass is 16.2. The van der Waals surface area contributed by atoms with E-state index < -0.39 is 0 Å². The normalized spacial score (nSPS) is 21.2. The third-order valence-electron chi connectivity index (χ3n) is 5.28. The minimum Gasteiger partial charge on any atom is -0.335 e. The predicted octanol–water partition coefficient (Wildman–Crippen LogP) is 4.67. The van der Waals surface area contributed by atoms with Crippen molar-refractivity contribution in [3.63, 3.8) is 0 Å². The van der Waals surface area contributed by atoms with Crippen molar-refractivity contribution in [1.82, 2.24) is 10.2 Å². The van der Waals surface area contributed by atoms with Crippen LogP contribution < -0.4 is 10.6 Å². The molecule has 2 amide bonds. The van der Waals surface area contributed by atoms with Crippen molar-refractivity contribution in [2.75, 3.05) is 19.4 Å². The van der Waals surface area contributed by atoms with Crippen LogP contribution in [-0.4, -0.2) is 31.1 Å². The first kappa shape index (κ1) is 18.5. The van der Waals surface area contributed by atoms with E-state index in [2.05, 4.69) is 60.0 Å². The first-order valence-corrected chi connectivity index (χ1v) is 9.47. The lowest BCUT2D eigenvalue weighted by Gasteiger charge is -2.37. The van der Waals surface area contributed by atoms with Crippen molar-refractivity contribution in [3.05, 3.63) is 66.2 Å². The largest absolute Gasteiger partial charge is 0.335 e. The number of para-hydroxylation sites is 1. The Hall–Kier alpha value is -2.33. The van der Waals surface area contributed by atoms with E-state index in [4.69, 9.17) is 0 Å². The van der Waals surface area contributed by atoms with Gasteiger partial charge in [0.05, 0.1) is 0 Å².